The number of nitrogens with one attached hydrogen (secondary N) is 1. The molecule has 1 saturated carbocycles. The lowest BCUT2D eigenvalue weighted by Gasteiger charge is -2.28. The topological polar surface area (TPSA) is 12.0 Å². The molecule has 12 heavy (non-hydrogen) atoms. The van der Waals surface area contributed by atoms with Crippen molar-refractivity contribution in [3.8, 4) is 0 Å². The van der Waals surface area contributed by atoms with E-state index in [1.165, 1.54) is 32.1 Å². The van der Waals surface area contributed by atoms with Crippen LogP contribution in [0.2, 0.25) is 0 Å². The van der Waals surface area contributed by atoms with Crippen LogP contribution in [0.5, 0.6) is 0 Å². The predicted octanol–water partition coefficient (Wildman–Crippen LogP) is 2.51. The van der Waals surface area contributed by atoms with Crippen molar-refractivity contribution in [3.63, 3.8) is 0 Å². The third-order valence-corrected chi connectivity index (χ3v) is 2.95. The largest absolute Gasteiger partial charge is 0.311 e. The molecule has 1 aliphatic rings. The van der Waals surface area contributed by atoms with Crippen LogP contribution in [0.4, 0.5) is 4.39 Å². The lowest BCUT2D eigenvalue weighted by atomic mass is 9.84. The Hall–Kier alpha value is -0.110. The zero-order chi connectivity index (χ0) is 8.81. The normalized spacial score (nSPS) is 30.5. The van der Waals surface area contributed by atoms with E-state index in [4.69, 9.17) is 0 Å². The van der Waals surface area contributed by atoms with Crippen LogP contribution in [-0.2, 0) is 0 Å². The summed E-state index contributed by atoms with van der Waals surface area (Å²) in [4.78, 5) is 0. The smallest absolute Gasteiger partial charge is 0.102 e. The second-order valence-corrected chi connectivity index (χ2v) is 3.77. The third-order valence-electron chi connectivity index (χ3n) is 2.95. The van der Waals surface area contributed by atoms with Crippen LogP contribution in [0.25, 0.3) is 0 Å². The van der Waals surface area contributed by atoms with Crippen LogP contribution in [0.15, 0.2) is 0 Å². The van der Waals surface area contributed by atoms with Gasteiger partial charge < -0.3 is 5.32 Å². The number of alkyl halides is 1. The molecule has 0 aliphatic heterocycles. The van der Waals surface area contributed by atoms with Crippen molar-refractivity contribution < 1.29 is 4.39 Å². The SMILES string of the molecule is CCC1CCC(NCCF)CC1. The molecule has 1 nitrogen and oxygen atoms in total. The first-order valence-electron chi connectivity index (χ1n) is 5.16. The highest BCUT2D eigenvalue weighted by atomic mass is 19.1. The van der Waals surface area contributed by atoms with Crippen LogP contribution in [0.3, 0.4) is 0 Å². The first-order chi connectivity index (χ1) is 5.86. The summed E-state index contributed by atoms with van der Waals surface area (Å²) in [6.45, 7) is 2.58. The van der Waals surface area contributed by atoms with E-state index in [0.29, 0.717) is 12.6 Å². The lowest BCUT2D eigenvalue weighted by molar-refractivity contribution is 0.280. The average Bonchev–Trinajstić information content (AvgIpc) is 2.15. The Morgan fingerprint density at radius 2 is 1.92 bits per heavy atom. The van der Waals surface area contributed by atoms with E-state index in [2.05, 4.69) is 12.2 Å². The van der Waals surface area contributed by atoms with E-state index in [1.54, 1.807) is 0 Å². The fraction of sp³-hybridized carbons (Fsp3) is 1.00. The molecule has 72 valence electrons. The van der Waals surface area contributed by atoms with Gasteiger partial charge in [0.1, 0.15) is 6.67 Å². The van der Waals surface area contributed by atoms with Gasteiger partial charge in [0.05, 0.1) is 0 Å². The third kappa shape index (κ3) is 3.10. The highest BCUT2D eigenvalue weighted by Crippen LogP contribution is 2.26. The first-order valence-corrected chi connectivity index (χ1v) is 5.16. The van der Waals surface area contributed by atoms with Gasteiger partial charge in [0, 0.05) is 12.6 Å². The molecule has 0 spiro atoms. The maximum atomic E-state index is 11.8. The number of halogens is 1. The number of rotatable bonds is 4. The molecule has 1 N–H and O–H groups in total. The second-order valence-electron chi connectivity index (χ2n) is 3.77. The second kappa shape index (κ2) is 5.52. The molecule has 0 heterocycles. The van der Waals surface area contributed by atoms with E-state index in [-0.39, 0.29) is 6.67 Å². The average molecular weight is 173 g/mol. The predicted molar refractivity (Wildman–Crippen MR) is 50.0 cm³/mol. The number of hydrogen-bond acceptors (Lipinski definition) is 1. The quantitative estimate of drug-likeness (QED) is 0.688. The summed E-state index contributed by atoms with van der Waals surface area (Å²) in [5.74, 6) is 0.938. The summed E-state index contributed by atoms with van der Waals surface area (Å²) in [5, 5.41) is 3.24. The zero-order valence-electron chi connectivity index (χ0n) is 7.98. The van der Waals surface area contributed by atoms with Gasteiger partial charge in [-0.15, -0.1) is 0 Å². The molecule has 1 rings (SSSR count). The molecule has 0 radical (unpaired) electrons. The van der Waals surface area contributed by atoms with E-state index in [1.807, 2.05) is 0 Å². The van der Waals surface area contributed by atoms with E-state index < -0.39 is 0 Å². The summed E-state index contributed by atoms with van der Waals surface area (Å²) in [6, 6.07) is 0.601. The Bertz CT molecular complexity index is 108. The molecule has 0 unspecified atom stereocenters. The summed E-state index contributed by atoms with van der Waals surface area (Å²) >= 11 is 0. The Balaban J connectivity index is 2.09. The van der Waals surface area contributed by atoms with Crippen LogP contribution >= 0.6 is 0 Å². The zero-order valence-corrected chi connectivity index (χ0v) is 7.98. The fourth-order valence-electron chi connectivity index (χ4n) is 2.03. The van der Waals surface area contributed by atoms with Crippen molar-refractivity contribution in [3.05, 3.63) is 0 Å². The highest BCUT2D eigenvalue weighted by molar-refractivity contribution is 4.76. The van der Waals surface area contributed by atoms with Gasteiger partial charge in [-0.1, -0.05) is 13.3 Å². The molecular weight excluding hydrogens is 153 g/mol. The van der Waals surface area contributed by atoms with Crippen molar-refractivity contribution in [2.24, 2.45) is 5.92 Å². The molecule has 1 aliphatic carbocycles. The van der Waals surface area contributed by atoms with Gasteiger partial charge in [0.25, 0.3) is 0 Å². The maximum Gasteiger partial charge on any atom is 0.102 e. The number of hydrogen-bond donors (Lipinski definition) is 1. The van der Waals surface area contributed by atoms with Gasteiger partial charge >= 0.3 is 0 Å². The van der Waals surface area contributed by atoms with Crippen molar-refractivity contribution in [2.75, 3.05) is 13.2 Å². The molecule has 0 aromatic heterocycles. The van der Waals surface area contributed by atoms with Crippen LogP contribution in [0.1, 0.15) is 39.0 Å². The lowest BCUT2D eigenvalue weighted by Crippen LogP contribution is -2.34. The van der Waals surface area contributed by atoms with E-state index >= 15 is 0 Å². The van der Waals surface area contributed by atoms with E-state index in [9.17, 15) is 4.39 Å². The molecule has 0 aromatic rings. The molecule has 2 heteroatoms. The van der Waals surface area contributed by atoms with Crippen molar-refractivity contribution >= 4 is 0 Å². The first kappa shape index (κ1) is 9.97. The maximum absolute atomic E-state index is 11.8. The van der Waals surface area contributed by atoms with Gasteiger partial charge in [-0.25, -0.2) is 4.39 Å². The summed E-state index contributed by atoms with van der Waals surface area (Å²) in [5.41, 5.74) is 0. The Morgan fingerprint density at radius 1 is 1.25 bits per heavy atom. The monoisotopic (exact) mass is 173 g/mol. The standard InChI is InChI=1S/C10H20FN/c1-2-9-3-5-10(6-4-9)12-8-7-11/h9-10,12H,2-8H2,1H3. The molecular formula is C10H20FN. The summed E-state index contributed by atoms with van der Waals surface area (Å²) in [6.07, 6.45) is 6.48. The van der Waals surface area contributed by atoms with Crippen LogP contribution < -0.4 is 5.32 Å². The minimum Gasteiger partial charge on any atom is -0.311 e. The Kier molecular flexibility index (Phi) is 4.59. The summed E-state index contributed by atoms with van der Waals surface area (Å²) < 4.78 is 11.8. The van der Waals surface area contributed by atoms with Gasteiger partial charge in [-0.3, -0.25) is 0 Å². The Morgan fingerprint density at radius 3 is 2.42 bits per heavy atom. The van der Waals surface area contributed by atoms with Gasteiger partial charge in [-0.2, -0.15) is 0 Å². The van der Waals surface area contributed by atoms with Crippen LogP contribution in [0, 0.1) is 5.92 Å². The van der Waals surface area contributed by atoms with Crippen molar-refractivity contribution in [1.82, 2.24) is 5.32 Å². The van der Waals surface area contributed by atoms with Gasteiger partial charge in [0.15, 0.2) is 0 Å². The van der Waals surface area contributed by atoms with Crippen molar-refractivity contribution in [1.29, 1.82) is 0 Å². The van der Waals surface area contributed by atoms with Crippen molar-refractivity contribution in [2.45, 2.75) is 45.1 Å². The molecule has 0 amide bonds. The van der Waals surface area contributed by atoms with Gasteiger partial charge in [-0.05, 0) is 31.6 Å². The molecule has 1 fully saturated rings. The minimum absolute atomic E-state index is 0.228. The highest BCUT2D eigenvalue weighted by Gasteiger charge is 2.18. The Labute approximate surface area is 74.7 Å². The fourth-order valence-corrected chi connectivity index (χ4v) is 2.03. The molecule has 0 bridgehead atoms. The molecule has 0 atom stereocenters. The molecule has 0 aromatic carbocycles. The summed E-state index contributed by atoms with van der Waals surface area (Å²) in [7, 11) is 0. The van der Waals surface area contributed by atoms with E-state index in [0.717, 1.165) is 5.92 Å². The molecule has 0 saturated heterocycles. The minimum atomic E-state index is -0.228. The van der Waals surface area contributed by atoms with Crippen LogP contribution in [-0.4, -0.2) is 19.3 Å². The van der Waals surface area contributed by atoms with Gasteiger partial charge in [0.2, 0.25) is 0 Å².